The number of aromatic nitrogens is 1. The molecule has 0 bridgehead atoms. The van der Waals surface area contributed by atoms with E-state index in [4.69, 9.17) is 15.7 Å². The minimum Gasteiger partial charge on any atom is -0.387 e. The lowest BCUT2D eigenvalue weighted by atomic mass is 9.97. The molecule has 1 atom stereocenters. The molecule has 2 aromatic rings. The lowest BCUT2D eigenvalue weighted by Gasteiger charge is -2.31. The molecule has 0 spiro atoms. The van der Waals surface area contributed by atoms with Gasteiger partial charge in [-0.15, -0.1) is 11.3 Å². The molecule has 160 valence electrons. The molecule has 2 N–H and O–H groups in total. The van der Waals surface area contributed by atoms with Crippen LogP contribution in [0.2, 0.25) is 0 Å². The Morgan fingerprint density at radius 3 is 2.70 bits per heavy atom. The van der Waals surface area contributed by atoms with Gasteiger partial charge in [0, 0.05) is 37.9 Å². The molecule has 0 saturated carbocycles. The second-order valence-electron chi connectivity index (χ2n) is 7.61. The van der Waals surface area contributed by atoms with Crippen LogP contribution in [0.3, 0.4) is 0 Å². The number of piperidine rings is 1. The fourth-order valence-corrected chi connectivity index (χ4v) is 4.80. The van der Waals surface area contributed by atoms with Crippen molar-refractivity contribution in [3.8, 4) is 0 Å². The van der Waals surface area contributed by atoms with Crippen LogP contribution in [-0.4, -0.2) is 53.2 Å². The normalized spacial score (nSPS) is 19.8. The predicted molar refractivity (Wildman–Crippen MR) is 109 cm³/mol. The van der Waals surface area contributed by atoms with Gasteiger partial charge in [0.25, 0.3) is 0 Å². The summed E-state index contributed by atoms with van der Waals surface area (Å²) in [5, 5.41) is 8.29. The number of halogens is 2. The number of nitrogens with zero attached hydrogens (tertiary/aromatic N) is 4. The van der Waals surface area contributed by atoms with Gasteiger partial charge in [-0.05, 0) is 25.0 Å². The Bertz CT molecular complexity index is 936. The van der Waals surface area contributed by atoms with Gasteiger partial charge in [0.2, 0.25) is 5.91 Å². The van der Waals surface area contributed by atoms with Crippen LogP contribution < -0.4 is 5.84 Å². The molecule has 1 aromatic heterocycles. The number of nitrogens with two attached hydrogens (primary N) is 1. The summed E-state index contributed by atoms with van der Waals surface area (Å²) in [7, 11) is 1.67. The Morgan fingerprint density at radius 2 is 2.03 bits per heavy atom. The van der Waals surface area contributed by atoms with Crippen LogP contribution in [0.1, 0.15) is 47.5 Å². The molecule has 1 amide bonds. The molecular weight excluding hydrogens is 412 g/mol. The summed E-state index contributed by atoms with van der Waals surface area (Å²) in [6.07, 6.45) is 1.14. The molecule has 4 rings (SSSR count). The summed E-state index contributed by atoms with van der Waals surface area (Å²) < 4.78 is 28.0. The quantitative estimate of drug-likeness (QED) is 0.577. The third-order valence-electron chi connectivity index (χ3n) is 5.39. The smallest absolute Gasteiger partial charge is 0.238 e. The van der Waals surface area contributed by atoms with Crippen molar-refractivity contribution in [1.29, 1.82) is 0 Å². The van der Waals surface area contributed by atoms with Gasteiger partial charge in [0.05, 0.1) is 22.8 Å². The SMILES string of the molecule is CN(N)CC(=O)N1CCC(c2nc(C3=NOC(c4c(F)cccc4F)C3)cs2)CC1. The number of amides is 1. The summed E-state index contributed by atoms with van der Waals surface area (Å²) in [5.41, 5.74) is 1.16. The number of carbonyl (C=O) groups excluding carboxylic acids is 1. The maximum atomic E-state index is 14.0. The summed E-state index contributed by atoms with van der Waals surface area (Å²) in [4.78, 5) is 24.0. The molecule has 30 heavy (non-hydrogen) atoms. The average molecular weight is 436 g/mol. The highest BCUT2D eigenvalue weighted by Gasteiger charge is 2.31. The molecule has 3 heterocycles. The third-order valence-corrected chi connectivity index (χ3v) is 6.40. The van der Waals surface area contributed by atoms with Gasteiger partial charge in [-0.1, -0.05) is 11.2 Å². The first-order valence-electron chi connectivity index (χ1n) is 9.78. The Kier molecular flexibility index (Phi) is 6.07. The van der Waals surface area contributed by atoms with Crippen molar-refractivity contribution in [3.05, 3.63) is 51.5 Å². The van der Waals surface area contributed by atoms with E-state index >= 15 is 0 Å². The fourth-order valence-electron chi connectivity index (χ4n) is 3.80. The number of hydrogen-bond donors (Lipinski definition) is 1. The Morgan fingerprint density at radius 1 is 1.33 bits per heavy atom. The van der Waals surface area contributed by atoms with Crippen molar-refractivity contribution >= 4 is 23.0 Å². The van der Waals surface area contributed by atoms with Gasteiger partial charge < -0.3 is 9.74 Å². The zero-order valence-corrected chi connectivity index (χ0v) is 17.4. The fraction of sp³-hybridized carbons (Fsp3) is 0.450. The number of hydrazine groups is 1. The van der Waals surface area contributed by atoms with Crippen LogP contribution in [0.4, 0.5) is 8.78 Å². The highest BCUT2D eigenvalue weighted by atomic mass is 32.1. The van der Waals surface area contributed by atoms with Gasteiger partial charge in [-0.25, -0.2) is 18.8 Å². The molecule has 1 aromatic carbocycles. The van der Waals surface area contributed by atoms with E-state index < -0.39 is 17.7 Å². The summed E-state index contributed by atoms with van der Waals surface area (Å²) in [6.45, 7) is 1.55. The largest absolute Gasteiger partial charge is 0.387 e. The Balaban J connectivity index is 1.37. The second-order valence-corrected chi connectivity index (χ2v) is 8.50. The second kappa shape index (κ2) is 8.75. The van der Waals surface area contributed by atoms with Crippen LogP contribution in [-0.2, 0) is 9.63 Å². The maximum Gasteiger partial charge on any atom is 0.238 e. The van der Waals surface area contributed by atoms with E-state index in [0.717, 1.165) is 17.8 Å². The Labute approximate surface area is 177 Å². The van der Waals surface area contributed by atoms with Gasteiger partial charge >= 0.3 is 0 Å². The number of rotatable bonds is 5. The molecule has 0 aliphatic carbocycles. The first-order valence-corrected chi connectivity index (χ1v) is 10.7. The Hall–Kier alpha value is -2.43. The van der Waals surface area contributed by atoms with Crippen molar-refractivity contribution < 1.29 is 18.4 Å². The summed E-state index contributed by atoms with van der Waals surface area (Å²) >= 11 is 1.54. The molecule has 1 saturated heterocycles. The van der Waals surface area contributed by atoms with Crippen LogP contribution in [0.5, 0.6) is 0 Å². The third kappa shape index (κ3) is 4.35. The standard InChI is InChI=1S/C20H23F2N5O2S/c1-26(23)10-18(28)27-7-5-12(6-8-27)20-24-16(11-30-20)15-9-17(29-25-15)19-13(21)3-2-4-14(19)22/h2-4,11-12,17H,5-10,23H2,1H3. The van der Waals surface area contributed by atoms with E-state index in [9.17, 15) is 13.6 Å². The number of thiazole rings is 1. The molecule has 0 radical (unpaired) electrons. The number of oxime groups is 1. The van der Waals surface area contributed by atoms with Crippen molar-refractivity contribution in [3.63, 3.8) is 0 Å². The van der Waals surface area contributed by atoms with Gasteiger partial charge in [0.1, 0.15) is 17.3 Å². The molecule has 7 nitrogen and oxygen atoms in total. The highest BCUT2D eigenvalue weighted by molar-refractivity contribution is 7.10. The maximum absolute atomic E-state index is 14.0. The van der Waals surface area contributed by atoms with E-state index in [1.165, 1.54) is 34.5 Å². The molecule has 10 heteroatoms. The lowest BCUT2D eigenvalue weighted by Crippen LogP contribution is -2.44. The van der Waals surface area contributed by atoms with Crippen LogP contribution in [0, 0.1) is 11.6 Å². The minimum absolute atomic E-state index is 0.0298. The van der Waals surface area contributed by atoms with Crippen LogP contribution in [0.15, 0.2) is 28.7 Å². The molecule has 2 aliphatic heterocycles. The van der Waals surface area contributed by atoms with Crippen LogP contribution >= 0.6 is 11.3 Å². The first-order chi connectivity index (χ1) is 14.4. The zero-order valence-electron chi connectivity index (χ0n) is 16.6. The van der Waals surface area contributed by atoms with Gasteiger partial charge in [-0.3, -0.25) is 10.6 Å². The van der Waals surface area contributed by atoms with Crippen molar-refractivity contribution in [2.45, 2.75) is 31.3 Å². The van der Waals surface area contributed by atoms with Crippen molar-refractivity contribution in [2.24, 2.45) is 11.0 Å². The monoisotopic (exact) mass is 435 g/mol. The number of likely N-dealkylation sites (N-methyl/N-ethyl adjacent to an activating group) is 1. The van der Waals surface area contributed by atoms with Gasteiger partial charge in [0.15, 0.2) is 6.10 Å². The van der Waals surface area contributed by atoms with E-state index in [1.54, 1.807) is 7.05 Å². The van der Waals surface area contributed by atoms with Crippen LogP contribution in [0.25, 0.3) is 0 Å². The van der Waals surface area contributed by atoms with E-state index in [2.05, 4.69) is 5.16 Å². The molecule has 1 fully saturated rings. The number of hydrogen-bond acceptors (Lipinski definition) is 7. The molecular formula is C20H23F2N5O2S. The molecule has 1 unspecified atom stereocenters. The van der Waals surface area contributed by atoms with E-state index in [-0.39, 0.29) is 30.4 Å². The van der Waals surface area contributed by atoms with E-state index in [0.29, 0.717) is 24.5 Å². The number of benzene rings is 1. The number of carbonyl (C=O) groups is 1. The van der Waals surface area contributed by atoms with Gasteiger partial charge in [-0.2, -0.15) is 0 Å². The summed E-state index contributed by atoms with van der Waals surface area (Å²) in [6, 6.07) is 3.75. The van der Waals surface area contributed by atoms with E-state index in [1.807, 2.05) is 10.3 Å². The zero-order chi connectivity index (χ0) is 21.3. The minimum atomic E-state index is -0.790. The summed E-state index contributed by atoms with van der Waals surface area (Å²) in [5.74, 6) is 4.58. The van der Waals surface area contributed by atoms with Crippen molar-refractivity contribution in [2.75, 3.05) is 26.7 Å². The first kappa shape index (κ1) is 20.8. The highest BCUT2D eigenvalue weighted by Crippen LogP contribution is 2.35. The lowest BCUT2D eigenvalue weighted by molar-refractivity contribution is -0.133. The molecule has 2 aliphatic rings. The predicted octanol–water partition coefficient (Wildman–Crippen LogP) is 2.80. The average Bonchev–Trinajstić information content (AvgIpc) is 3.37. The topological polar surface area (TPSA) is 84.0 Å². The number of likely N-dealkylation sites (tertiary alicyclic amines) is 1. The van der Waals surface area contributed by atoms with Crippen molar-refractivity contribution in [1.82, 2.24) is 14.9 Å².